The van der Waals surface area contributed by atoms with Gasteiger partial charge in [0.15, 0.2) is 5.78 Å². The lowest BCUT2D eigenvalue weighted by molar-refractivity contribution is -0.142. The number of carboxylic acids is 2. The average molecular weight is 936 g/mol. The Labute approximate surface area is 386 Å². The Bertz CT molecular complexity index is 1620. The maximum atomic E-state index is 13.6. The smallest absolute Gasteiger partial charge is 0.326 e. The van der Waals surface area contributed by atoms with Crippen molar-refractivity contribution in [2.45, 2.75) is 172 Å². The maximum Gasteiger partial charge on any atom is 0.326 e. The second-order valence-corrected chi connectivity index (χ2v) is 19.5. The van der Waals surface area contributed by atoms with E-state index in [-0.39, 0.29) is 98.5 Å². The Morgan fingerprint density at radius 3 is 1.86 bits per heavy atom. The molecule has 1 aliphatic heterocycles. The number of unbranched alkanes of at least 4 members (excludes halogenated alkanes) is 14. The number of aliphatic carboxylic acids is 2. The summed E-state index contributed by atoms with van der Waals surface area (Å²) in [6.07, 6.45) is 16.1. The summed E-state index contributed by atoms with van der Waals surface area (Å²) in [6, 6.07) is 3.26. The molecule has 1 fully saturated rings. The summed E-state index contributed by atoms with van der Waals surface area (Å²) in [5.41, 5.74) is 12.5. The molecule has 5 atom stereocenters. The third-order valence-corrected chi connectivity index (χ3v) is 13.9. The van der Waals surface area contributed by atoms with E-state index in [0.29, 0.717) is 19.3 Å². The molecular weight excluding hydrogens is 863 g/mol. The van der Waals surface area contributed by atoms with Crippen molar-refractivity contribution in [3.05, 3.63) is 29.8 Å². The molecular formula is C46H73N5O11S2. The summed E-state index contributed by atoms with van der Waals surface area (Å²) < 4.78 is 0. The van der Waals surface area contributed by atoms with Crippen LogP contribution in [0.3, 0.4) is 0 Å². The Balaban J connectivity index is 1.68. The number of rotatable bonds is 33. The molecule has 0 aromatic heterocycles. The van der Waals surface area contributed by atoms with Gasteiger partial charge in [-0.1, -0.05) is 111 Å². The molecule has 64 heavy (non-hydrogen) atoms. The van der Waals surface area contributed by atoms with Crippen LogP contribution < -0.4 is 27.4 Å². The van der Waals surface area contributed by atoms with Crippen LogP contribution in [0.4, 0.5) is 0 Å². The molecule has 360 valence electrons. The number of Topliss-reactive ketones (excluding diaryl/α,β-unsaturated/α-hetero) is 2. The van der Waals surface area contributed by atoms with Crippen LogP contribution in [0.5, 0.6) is 5.75 Å². The fourth-order valence-corrected chi connectivity index (χ4v) is 9.91. The Kier molecular flexibility index (Phi) is 29.2. The molecule has 0 spiro atoms. The first kappa shape index (κ1) is 56.0. The number of hydrogen-bond acceptors (Lipinski definition) is 12. The molecule has 1 saturated heterocycles. The van der Waals surface area contributed by atoms with Crippen LogP contribution >= 0.6 is 21.6 Å². The molecule has 1 aromatic carbocycles. The van der Waals surface area contributed by atoms with Gasteiger partial charge in [0.05, 0.1) is 12.1 Å². The summed E-state index contributed by atoms with van der Waals surface area (Å²) in [5.74, 6) is -5.40. The van der Waals surface area contributed by atoms with E-state index in [1.807, 2.05) is 0 Å². The molecule has 0 bridgehead atoms. The van der Waals surface area contributed by atoms with Gasteiger partial charge < -0.3 is 42.7 Å². The summed E-state index contributed by atoms with van der Waals surface area (Å²) in [6.45, 7) is 0.236. The fourth-order valence-electron chi connectivity index (χ4n) is 7.44. The minimum absolute atomic E-state index is 0.0652. The number of hydrogen-bond donors (Lipinski definition) is 8. The Morgan fingerprint density at radius 2 is 1.30 bits per heavy atom. The summed E-state index contributed by atoms with van der Waals surface area (Å²) in [7, 11) is 2.66. The van der Waals surface area contributed by atoms with Crippen molar-refractivity contribution in [1.82, 2.24) is 16.0 Å². The van der Waals surface area contributed by atoms with Crippen LogP contribution in [0.15, 0.2) is 24.3 Å². The van der Waals surface area contributed by atoms with Gasteiger partial charge in [0.2, 0.25) is 23.6 Å². The molecule has 1 aliphatic rings. The van der Waals surface area contributed by atoms with Gasteiger partial charge in [-0.15, -0.1) is 0 Å². The Morgan fingerprint density at radius 1 is 0.734 bits per heavy atom. The standard InChI is InChI=1S/C46H73N5O11S2/c47-36-31-64-63-30-34(39(53)28-33(44(48)59)27-32-20-22-35(52)23-21-32)29-40(54)37(51-45(36)60)17-15-16-26-49-41(55)25-24-38(46(61)62)50-42(56)18-13-11-9-7-5-3-1-2-4-6-8-10-12-14-19-43(57)58/h20-23,33-34,36-38,52H,1-19,24-31,47H2,(H2,48,59)(H,49,55)(H,50,56)(H,51,60)(H,57,58)(H,61,62)/t33-,34+,36+,37+,38?/m1/s1. The lowest BCUT2D eigenvalue weighted by atomic mass is 9.87. The minimum Gasteiger partial charge on any atom is -0.508 e. The predicted molar refractivity (Wildman–Crippen MR) is 249 cm³/mol. The van der Waals surface area contributed by atoms with E-state index in [1.54, 1.807) is 12.1 Å². The number of ketones is 2. The molecule has 0 saturated carbocycles. The van der Waals surface area contributed by atoms with Crippen molar-refractivity contribution >= 4 is 68.7 Å². The molecule has 1 aromatic rings. The van der Waals surface area contributed by atoms with E-state index in [4.69, 9.17) is 16.6 Å². The van der Waals surface area contributed by atoms with E-state index in [1.165, 1.54) is 65.8 Å². The Hall–Kier alpha value is -4.16. The number of carbonyl (C=O) groups is 8. The van der Waals surface area contributed by atoms with Crippen molar-refractivity contribution in [3.8, 4) is 5.75 Å². The topological polar surface area (TPSA) is 285 Å². The molecule has 1 heterocycles. The van der Waals surface area contributed by atoms with E-state index in [2.05, 4.69) is 16.0 Å². The number of amides is 4. The van der Waals surface area contributed by atoms with Crippen LogP contribution in [0.1, 0.15) is 153 Å². The van der Waals surface area contributed by atoms with E-state index in [0.717, 1.165) is 56.9 Å². The zero-order chi connectivity index (χ0) is 47.1. The molecule has 4 amide bonds. The molecule has 0 aliphatic carbocycles. The fraction of sp³-hybridized carbons (Fsp3) is 0.696. The zero-order valence-corrected chi connectivity index (χ0v) is 39.0. The van der Waals surface area contributed by atoms with Crippen molar-refractivity contribution in [1.29, 1.82) is 0 Å². The first-order valence-electron chi connectivity index (χ1n) is 23.1. The largest absolute Gasteiger partial charge is 0.508 e. The highest BCUT2D eigenvalue weighted by molar-refractivity contribution is 8.76. The summed E-state index contributed by atoms with van der Waals surface area (Å²) >= 11 is 0. The van der Waals surface area contributed by atoms with Gasteiger partial charge >= 0.3 is 11.9 Å². The zero-order valence-electron chi connectivity index (χ0n) is 37.4. The number of primary amides is 1. The van der Waals surface area contributed by atoms with Gasteiger partial charge in [0, 0.05) is 62.0 Å². The van der Waals surface area contributed by atoms with Crippen molar-refractivity contribution in [3.63, 3.8) is 0 Å². The van der Waals surface area contributed by atoms with Gasteiger partial charge in [-0.25, -0.2) is 4.79 Å². The molecule has 2 rings (SSSR count). The number of phenols is 1. The molecule has 16 nitrogen and oxygen atoms in total. The number of nitrogens with one attached hydrogen (secondary N) is 3. The highest BCUT2D eigenvalue weighted by atomic mass is 33.1. The summed E-state index contributed by atoms with van der Waals surface area (Å²) in [4.78, 5) is 99.8. The summed E-state index contributed by atoms with van der Waals surface area (Å²) in [5, 5.41) is 36.0. The van der Waals surface area contributed by atoms with E-state index >= 15 is 0 Å². The molecule has 0 radical (unpaired) electrons. The third-order valence-electron chi connectivity index (χ3n) is 11.4. The number of aromatic hydroxyl groups is 1. The SMILES string of the molecule is NC(=O)[C@@H](CC(=O)[C@@H]1CSSC[C@H](N)C(=O)N[C@@H](CCCCNC(=O)CCC(NC(=O)CCCCCCCCCCCCCCCCC(=O)O)C(=O)O)C(=O)C1)Cc1ccc(O)cc1. The molecule has 10 N–H and O–H groups in total. The van der Waals surface area contributed by atoms with Crippen molar-refractivity contribution < 1.29 is 53.7 Å². The van der Waals surface area contributed by atoms with Gasteiger partial charge in [-0.2, -0.15) is 0 Å². The van der Waals surface area contributed by atoms with Crippen molar-refractivity contribution in [2.24, 2.45) is 23.3 Å². The second-order valence-electron chi connectivity index (χ2n) is 16.9. The monoisotopic (exact) mass is 935 g/mol. The highest BCUT2D eigenvalue weighted by Crippen LogP contribution is 2.29. The number of benzene rings is 1. The quantitative estimate of drug-likeness (QED) is 0.0308. The predicted octanol–water partition coefficient (Wildman–Crippen LogP) is 5.74. The first-order chi connectivity index (χ1) is 30.7. The first-order valence-corrected chi connectivity index (χ1v) is 25.6. The van der Waals surface area contributed by atoms with Crippen LogP contribution in [0.2, 0.25) is 0 Å². The second kappa shape index (κ2) is 33.3. The van der Waals surface area contributed by atoms with Gasteiger partial charge in [-0.05, 0) is 62.6 Å². The minimum atomic E-state index is -1.22. The molecule has 1 unspecified atom stereocenters. The van der Waals surface area contributed by atoms with E-state index < -0.39 is 53.7 Å². The normalized spacial score (nSPS) is 17.9. The van der Waals surface area contributed by atoms with Gasteiger partial charge in [-0.3, -0.25) is 33.6 Å². The number of phenolic OH excluding ortho intramolecular Hbond substituents is 1. The van der Waals surface area contributed by atoms with Crippen LogP contribution in [-0.4, -0.2) is 98.6 Å². The van der Waals surface area contributed by atoms with Crippen LogP contribution in [0.25, 0.3) is 0 Å². The highest BCUT2D eigenvalue weighted by Gasteiger charge is 2.32. The van der Waals surface area contributed by atoms with Crippen molar-refractivity contribution in [2.75, 3.05) is 18.1 Å². The average Bonchev–Trinajstić information content (AvgIpc) is 3.27. The number of carboxylic acid groups (broad SMARTS) is 2. The van der Waals surface area contributed by atoms with Gasteiger partial charge in [0.25, 0.3) is 0 Å². The van der Waals surface area contributed by atoms with Crippen LogP contribution in [0, 0.1) is 11.8 Å². The third kappa shape index (κ3) is 26.0. The lowest BCUT2D eigenvalue weighted by Crippen LogP contribution is -2.49. The maximum absolute atomic E-state index is 13.6. The van der Waals surface area contributed by atoms with E-state index in [9.17, 15) is 48.6 Å². The van der Waals surface area contributed by atoms with Crippen LogP contribution in [-0.2, 0) is 44.8 Å². The molecule has 18 heteroatoms. The van der Waals surface area contributed by atoms with Gasteiger partial charge in [0.1, 0.15) is 17.6 Å². The number of carbonyl (C=O) groups excluding carboxylic acids is 6. The number of nitrogens with two attached hydrogens (primary N) is 2. The lowest BCUT2D eigenvalue weighted by Gasteiger charge is -2.22.